The van der Waals surface area contributed by atoms with Crippen molar-refractivity contribution in [1.82, 2.24) is 0 Å². The number of aryl methyl sites for hydroxylation is 1. The number of anilines is 1. The molecular weight excluding hydrogens is 282 g/mol. The van der Waals surface area contributed by atoms with Crippen LogP contribution in [0.15, 0.2) is 48.5 Å². The molecule has 0 radical (unpaired) electrons. The van der Waals surface area contributed by atoms with Crippen molar-refractivity contribution in [2.45, 2.75) is 6.92 Å². The summed E-state index contributed by atoms with van der Waals surface area (Å²) in [4.78, 5) is 23.7. The Kier molecular flexibility index (Phi) is 5.14. The van der Waals surface area contributed by atoms with Crippen LogP contribution in [0.1, 0.15) is 15.9 Å². The monoisotopic (exact) mass is 299 g/mol. The zero-order chi connectivity index (χ0) is 15.9. The van der Waals surface area contributed by atoms with E-state index in [1.54, 1.807) is 43.5 Å². The average Bonchev–Trinajstić information content (AvgIpc) is 2.54. The number of rotatable bonds is 5. The van der Waals surface area contributed by atoms with E-state index < -0.39 is 11.9 Å². The molecule has 0 atom stereocenters. The summed E-state index contributed by atoms with van der Waals surface area (Å²) >= 11 is 0. The number of carbonyl (C=O) groups is 2. The van der Waals surface area contributed by atoms with E-state index >= 15 is 0 Å². The van der Waals surface area contributed by atoms with Gasteiger partial charge in [0.25, 0.3) is 5.91 Å². The Hall–Kier alpha value is -2.82. The van der Waals surface area contributed by atoms with Crippen molar-refractivity contribution >= 4 is 17.6 Å². The van der Waals surface area contributed by atoms with Crippen LogP contribution in [-0.4, -0.2) is 25.6 Å². The number of nitrogens with one attached hydrogen (secondary N) is 1. The van der Waals surface area contributed by atoms with Gasteiger partial charge in [-0.05, 0) is 42.8 Å². The predicted octanol–water partition coefficient (Wildman–Crippen LogP) is 2.80. The molecule has 1 N–H and O–H groups in total. The average molecular weight is 299 g/mol. The Morgan fingerprint density at radius 3 is 2.36 bits per heavy atom. The van der Waals surface area contributed by atoms with Gasteiger partial charge in [0.05, 0.1) is 12.7 Å². The van der Waals surface area contributed by atoms with Gasteiger partial charge in [-0.25, -0.2) is 4.79 Å². The standard InChI is InChI=1S/C17H17NO4/c1-12-5-3-4-6-15(12)17(20)22-11-16(19)18-13-7-9-14(21-2)10-8-13/h3-10H,11H2,1-2H3,(H,18,19). The molecule has 0 spiro atoms. The molecule has 2 rings (SSSR count). The van der Waals surface area contributed by atoms with Gasteiger partial charge in [0.15, 0.2) is 6.61 Å². The highest BCUT2D eigenvalue weighted by Crippen LogP contribution is 2.15. The molecule has 5 nitrogen and oxygen atoms in total. The number of hydrogen-bond acceptors (Lipinski definition) is 4. The first-order valence-corrected chi connectivity index (χ1v) is 6.77. The van der Waals surface area contributed by atoms with E-state index in [2.05, 4.69) is 5.32 Å². The second-order valence-corrected chi connectivity index (χ2v) is 4.67. The Morgan fingerprint density at radius 2 is 1.73 bits per heavy atom. The Balaban J connectivity index is 1.87. The fourth-order valence-electron chi connectivity index (χ4n) is 1.88. The molecule has 0 aliphatic rings. The second kappa shape index (κ2) is 7.26. The second-order valence-electron chi connectivity index (χ2n) is 4.67. The van der Waals surface area contributed by atoms with E-state index in [1.807, 2.05) is 19.1 Å². The first kappa shape index (κ1) is 15.6. The minimum absolute atomic E-state index is 0.334. The zero-order valence-electron chi connectivity index (χ0n) is 12.5. The zero-order valence-corrected chi connectivity index (χ0v) is 12.5. The van der Waals surface area contributed by atoms with Crippen molar-refractivity contribution in [3.8, 4) is 5.75 Å². The van der Waals surface area contributed by atoms with Crippen LogP contribution in [0.4, 0.5) is 5.69 Å². The summed E-state index contributed by atoms with van der Waals surface area (Å²) in [7, 11) is 1.57. The van der Waals surface area contributed by atoms with Crippen LogP contribution in [0.5, 0.6) is 5.75 Å². The van der Waals surface area contributed by atoms with Crippen LogP contribution < -0.4 is 10.1 Å². The number of amides is 1. The first-order valence-electron chi connectivity index (χ1n) is 6.77. The van der Waals surface area contributed by atoms with Crippen LogP contribution in [0.25, 0.3) is 0 Å². The molecule has 5 heteroatoms. The van der Waals surface area contributed by atoms with Gasteiger partial charge in [-0.2, -0.15) is 0 Å². The minimum atomic E-state index is -0.511. The number of benzene rings is 2. The minimum Gasteiger partial charge on any atom is -0.497 e. The van der Waals surface area contributed by atoms with Crippen molar-refractivity contribution in [2.24, 2.45) is 0 Å². The van der Waals surface area contributed by atoms with E-state index in [0.29, 0.717) is 17.0 Å². The largest absolute Gasteiger partial charge is 0.497 e. The van der Waals surface area contributed by atoms with E-state index in [4.69, 9.17) is 9.47 Å². The summed E-state index contributed by atoms with van der Waals surface area (Å²) in [6.45, 7) is 1.48. The molecule has 22 heavy (non-hydrogen) atoms. The molecule has 0 bridgehead atoms. The lowest BCUT2D eigenvalue weighted by atomic mass is 10.1. The summed E-state index contributed by atoms with van der Waals surface area (Å²) < 4.78 is 10.0. The van der Waals surface area contributed by atoms with Crippen molar-refractivity contribution in [2.75, 3.05) is 19.0 Å². The summed E-state index contributed by atoms with van der Waals surface area (Å²) in [6, 6.07) is 13.9. The highest BCUT2D eigenvalue weighted by Gasteiger charge is 2.12. The lowest BCUT2D eigenvalue weighted by Gasteiger charge is -2.08. The Bertz CT molecular complexity index is 665. The Labute approximate surface area is 128 Å². The predicted molar refractivity (Wildman–Crippen MR) is 83.1 cm³/mol. The van der Waals surface area contributed by atoms with Crippen LogP contribution in [0.3, 0.4) is 0 Å². The third-order valence-electron chi connectivity index (χ3n) is 3.07. The summed E-state index contributed by atoms with van der Waals surface area (Å²) in [5.74, 6) is -0.209. The quantitative estimate of drug-likeness (QED) is 0.862. The molecule has 0 fully saturated rings. The molecule has 0 heterocycles. The molecule has 0 saturated heterocycles. The van der Waals surface area contributed by atoms with Crippen LogP contribution in [-0.2, 0) is 9.53 Å². The molecule has 0 unspecified atom stereocenters. The van der Waals surface area contributed by atoms with Gasteiger partial charge in [0.1, 0.15) is 5.75 Å². The lowest BCUT2D eigenvalue weighted by molar-refractivity contribution is -0.119. The molecular formula is C17H17NO4. The van der Waals surface area contributed by atoms with Crippen molar-refractivity contribution in [3.05, 3.63) is 59.7 Å². The fraction of sp³-hybridized carbons (Fsp3) is 0.176. The van der Waals surface area contributed by atoms with Gasteiger partial charge in [-0.3, -0.25) is 4.79 Å². The topological polar surface area (TPSA) is 64.6 Å². The van der Waals surface area contributed by atoms with E-state index in [1.165, 1.54) is 0 Å². The summed E-state index contributed by atoms with van der Waals surface area (Å²) in [6.07, 6.45) is 0. The van der Waals surface area contributed by atoms with E-state index in [9.17, 15) is 9.59 Å². The van der Waals surface area contributed by atoms with Gasteiger partial charge >= 0.3 is 5.97 Å². The number of esters is 1. The number of hydrogen-bond donors (Lipinski definition) is 1. The lowest BCUT2D eigenvalue weighted by Crippen LogP contribution is -2.21. The SMILES string of the molecule is COc1ccc(NC(=O)COC(=O)c2ccccc2C)cc1. The first-order chi connectivity index (χ1) is 10.6. The highest BCUT2D eigenvalue weighted by molar-refractivity contribution is 5.96. The number of ether oxygens (including phenoxy) is 2. The van der Waals surface area contributed by atoms with Gasteiger partial charge in [0, 0.05) is 5.69 Å². The third-order valence-corrected chi connectivity index (χ3v) is 3.07. The normalized spacial score (nSPS) is 9.91. The van der Waals surface area contributed by atoms with Crippen molar-refractivity contribution < 1.29 is 19.1 Å². The van der Waals surface area contributed by atoms with Crippen LogP contribution in [0, 0.1) is 6.92 Å². The molecule has 1 amide bonds. The molecule has 2 aromatic carbocycles. The maximum absolute atomic E-state index is 11.9. The number of carbonyl (C=O) groups excluding carboxylic acids is 2. The van der Waals surface area contributed by atoms with E-state index in [0.717, 1.165) is 5.56 Å². The van der Waals surface area contributed by atoms with Gasteiger partial charge in [-0.15, -0.1) is 0 Å². The number of methoxy groups -OCH3 is 1. The fourth-order valence-corrected chi connectivity index (χ4v) is 1.88. The van der Waals surface area contributed by atoms with Crippen LogP contribution in [0.2, 0.25) is 0 Å². The molecule has 0 aliphatic heterocycles. The molecule has 114 valence electrons. The third kappa shape index (κ3) is 4.09. The Morgan fingerprint density at radius 1 is 1.05 bits per heavy atom. The maximum atomic E-state index is 11.9. The molecule has 2 aromatic rings. The van der Waals surface area contributed by atoms with Crippen molar-refractivity contribution in [1.29, 1.82) is 0 Å². The van der Waals surface area contributed by atoms with Gasteiger partial charge < -0.3 is 14.8 Å². The van der Waals surface area contributed by atoms with Crippen molar-refractivity contribution in [3.63, 3.8) is 0 Å². The molecule has 0 aliphatic carbocycles. The molecule has 0 saturated carbocycles. The maximum Gasteiger partial charge on any atom is 0.338 e. The van der Waals surface area contributed by atoms with Gasteiger partial charge in [-0.1, -0.05) is 18.2 Å². The highest BCUT2D eigenvalue weighted by atomic mass is 16.5. The summed E-state index contributed by atoms with van der Waals surface area (Å²) in [5.41, 5.74) is 1.88. The molecule has 0 aromatic heterocycles. The summed E-state index contributed by atoms with van der Waals surface area (Å²) in [5, 5.41) is 2.64. The van der Waals surface area contributed by atoms with E-state index in [-0.39, 0.29) is 6.61 Å². The van der Waals surface area contributed by atoms with Gasteiger partial charge in [0.2, 0.25) is 0 Å². The van der Waals surface area contributed by atoms with Crippen LogP contribution >= 0.6 is 0 Å². The smallest absolute Gasteiger partial charge is 0.338 e.